The number of nitrogens with one attached hydrogen (secondary N) is 4. The summed E-state index contributed by atoms with van der Waals surface area (Å²) >= 11 is 0. The maximum Gasteiger partial charge on any atom is 0.315 e. The van der Waals surface area contributed by atoms with Crippen LogP contribution in [0.4, 0.5) is 10.5 Å². The molecule has 2 amide bonds. The molecule has 2 aromatic heterocycles. The smallest absolute Gasteiger partial charge is 0.315 e. The molecule has 9 heteroatoms. The number of piperidine rings is 1. The van der Waals surface area contributed by atoms with E-state index in [1.54, 1.807) is 0 Å². The molecule has 2 saturated heterocycles. The molecule has 0 aliphatic carbocycles. The zero-order chi connectivity index (χ0) is 31.9. The summed E-state index contributed by atoms with van der Waals surface area (Å²) in [5.41, 5.74) is 10.1. The molecule has 0 unspecified atom stereocenters. The Kier molecular flexibility index (Phi) is 10.5. The van der Waals surface area contributed by atoms with Gasteiger partial charge in [-0.2, -0.15) is 5.10 Å². The number of fused-ring (bicyclic) bond motifs is 1. The monoisotopic (exact) mass is 623 g/mol. The van der Waals surface area contributed by atoms with E-state index in [4.69, 9.17) is 9.72 Å². The van der Waals surface area contributed by atoms with Crippen molar-refractivity contribution in [1.29, 1.82) is 0 Å². The van der Waals surface area contributed by atoms with Crippen molar-refractivity contribution >= 4 is 22.8 Å². The van der Waals surface area contributed by atoms with Crippen molar-refractivity contribution in [3.63, 3.8) is 0 Å². The van der Waals surface area contributed by atoms with Crippen LogP contribution in [0.2, 0.25) is 0 Å². The zero-order valence-corrected chi connectivity index (χ0v) is 27.6. The quantitative estimate of drug-likeness (QED) is 0.160. The summed E-state index contributed by atoms with van der Waals surface area (Å²) in [4.78, 5) is 18.2. The van der Waals surface area contributed by atoms with Gasteiger partial charge in [0, 0.05) is 50.1 Å². The molecular formula is C37H49N7O2. The van der Waals surface area contributed by atoms with Gasteiger partial charge in [0.15, 0.2) is 5.65 Å². The van der Waals surface area contributed by atoms with Crippen molar-refractivity contribution in [3.05, 3.63) is 76.6 Å². The summed E-state index contributed by atoms with van der Waals surface area (Å²) in [7, 11) is 0. The van der Waals surface area contributed by atoms with Gasteiger partial charge in [0.2, 0.25) is 0 Å². The van der Waals surface area contributed by atoms with Crippen LogP contribution in [-0.2, 0) is 37.2 Å². The third-order valence-corrected chi connectivity index (χ3v) is 9.58. The number of pyridine rings is 1. The molecule has 9 nitrogen and oxygen atoms in total. The van der Waals surface area contributed by atoms with Crippen molar-refractivity contribution in [2.75, 3.05) is 31.6 Å². The lowest BCUT2D eigenvalue weighted by atomic mass is 9.89. The lowest BCUT2D eigenvalue weighted by Gasteiger charge is -2.26. The van der Waals surface area contributed by atoms with Gasteiger partial charge in [-0.05, 0) is 105 Å². The second kappa shape index (κ2) is 15.1. The normalized spacial score (nSPS) is 16.1. The number of hydrogen-bond donors (Lipinski definition) is 4. The summed E-state index contributed by atoms with van der Waals surface area (Å²) in [5, 5.41) is 19.1. The molecule has 0 spiro atoms. The van der Waals surface area contributed by atoms with E-state index < -0.39 is 0 Å². The van der Waals surface area contributed by atoms with Crippen molar-refractivity contribution in [2.45, 2.75) is 85.0 Å². The minimum atomic E-state index is -0.200. The Hall–Kier alpha value is -3.95. The first-order valence-electron chi connectivity index (χ1n) is 17.1. The third-order valence-electron chi connectivity index (χ3n) is 9.58. The Morgan fingerprint density at radius 2 is 1.80 bits per heavy atom. The predicted octanol–water partition coefficient (Wildman–Crippen LogP) is 6.12. The molecule has 46 heavy (non-hydrogen) atoms. The second-order valence-electron chi connectivity index (χ2n) is 12.8. The van der Waals surface area contributed by atoms with Crippen molar-refractivity contribution < 1.29 is 9.53 Å². The van der Waals surface area contributed by atoms with Gasteiger partial charge in [0.1, 0.15) is 0 Å². The number of benzene rings is 2. The topological polar surface area (TPSA) is 105 Å². The summed E-state index contributed by atoms with van der Waals surface area (Å²) in [5.74, 6) is 0.750. The number of carbonyl (C=O) groups is 1. The number of aromatic nitrogens is 3. The molecule has 0 saturated carbocycles. The van der Waals surface area contributed by atoms with Gasteiger partial charge in [-0.1, -0.05) is 43.3 Å². The largest absolute Gasteiger partial charge is 0.381 e. The molecule has 244 valence electrons. The van der Waals surface area contributed by atoms with Crippen LogP contribution in [0.5, 0.6) is 0 Å². The Morgan fingerprint density at radius 1 is 1.00 bits per heavy atom. The maximum atomic E-state index is 13.2. The van der Waals surface area contributed by atoms with Crippen LogP contribution in [0.3, 0.4) is 0 Å². The molecule has 4 heterocycles. The minimum absolute atomic E-state index is 0.200. The highest BCUT2D eigenvalue weighted by Crippen LogP contribution is 2.31. The Labute approximate surface area is 272 Å². The molecule has 6 rings (SSSR count). The van der Waals surface area contributed by atoms with Gasteiger partial charge < -0.3 is 26.0 Å². The van der Waals surface area contributed by atoms with Gasteiger partial charge in [0.05, 0.1) is 17.3 Å². The van der Waals surface area contributed by atoms with E-state index >= 15 is 0 Å². The minimum Gasteiger partial charge on any atom is -0.381 e. The number of amides is 2. The number of urea groups is 1. The van der Waals surface area contributed by atoms with Gasteiger partial charge in [-0.25, -0.2) is 14.5 Å². The first-order chi connectivity index (χ1) is 22.5. The first kappa shape index (κ1) is 32.0. The van der Waals surface area contributed by atoms with E-state index in [1.807, 2.05) is 10.9 Å². The van der Waals surface area contributed by atoms with Crippen LogP contribution >= 0.6 is 0 Å². The highest BCUT2D eigenvalue weighted by molar-refractivity contribution is 5.92. The molecule has 0 radical (unpaired) electrons. The fraction of sp³-hybridized carbons (Fsp3) is 0.486. The highest BCUT2D eigenvalue weighted by Gasteiger charge is 2.22. The number of nitrogens with zero attached hydrogens (tertiary/aromatic N) is 3. The van der Waals surface area contributed by atoms with E-state index in [1.165, 1.54) is 35.1 Å². The van der Waals surface area contributed by atoms with E-state index in [9.17, 15) is 4.79 Å². The zero-order valence-electron chi connectivity index (χ0n) is 27.6. The van der Waals surface area contributed by atoms with Crippen LogP contribution in [0.1, 0.15) is 67.5 Å². The number of carbonyl (C=O) groups excluding carboxylic acids is 1. The van der Waals surface area contributed by atoms with Gasteiger partial charge >= 0.3 is 6.03 Å². The summed E-state index contributed by atoms with van der Waals surface area (Å²) in [6.45, 7) is 11.7. The summed E-state index contributed by atoms with van der Waals surface area (Å²) in [6.07, 6.45) is 8.17. The third kappa shape index (κ3) is 7.53. The average Bonchev–Trinajstić information content (AvgIpc) is 3.51. The Bertz CT molecular complexity index is 1640. The van der Waals surface area contributed by atoms with Crippen LogP contribution < -0.4 is 21.3 Å². The van der Waals surface area contributed by atoms with Crippen LogP contribution in [0.25, 0.3) is 22.2 Å². The average molecular weight is 624 g/mol. The van der Waals surface area contributed by atoms with E-state index in [2.05, 4.69) is 89.6 Å². The number of ether oxygens (including phenoxy) is 1. The molecule has 4 aromatic rings. The van der Waals surface area contributed by atoms with E-state index in [0.717, 1.165) is 98.0 Å². The molecule has 2 fully saturated rings. The fourth-order valence-corrected chi connectivity index (χ4v) is 6.89. The first-order valence-corrected chi connectivity index (χ1v) is 17.1. The van der Waals surface area contributed by atoms with Gasteiger partial charge in [-0.3, -0.25) is 0 Å². The SMILES string of the molecule is CCc1nc2c(cnn2CC)c(NC2CCOCC2)c1CNC(=O)NCc1ccc(C)c(-c2cccc(CC3CCNCC3)c2)c1. The number of aryl methyl sites for hydroxylation is 3. The number of rotatable bonds is 11. The lowest BCUT2D eigenvalue weighted by Crippen LogP contribution is -2.35. The highest BCUT2D eigenvalue weighted by atomic mass is 16.5. The Morgan fingerprint density at radius 3 is 2.59 bits per heavy atom. The molecule has 4 N–H and O–H groups in total. The van der Waals surface area contributed by atoms with Gasteiger partial charge in [-0.15, -0.1) is 0 Å². The number of hydrogen-bond acceptors (Lipinski definition) is 6. The van der Waals surface area contributed by atoms with Crippen LogP contribution in [0, 0.1) is 12.8 Å². The molecule has 0 atom stereocenters. The van der Waals surface area contributed by atoms with Crippen molar-refractivity contribution in [1.82, 2.24) is 30.7 Å². The lowest BCUT2D eigenvalue weighted by molar-refractivity contribution is 0.0904. The summed E-state index contributed by atoms with van der Waals surface area (Å²) < 4.78 is 7.54. The van der Waals surface area contributed by atoms with Crippen molar-refractivity contribution in [3.8, 4) is 11.1 Å². The molecule has 0 bridgehead atoms. The molecule has 2 aromatic carbocycles. The molecular weight excluding hydrogens is 574 g/mol. The molecule has 2 aliphatic heterocycles. The fourth-order valence-electron chi connectivity index (χ4n) is 6.89. The predicted molar refractivity (Wildman–Crippen MR) is 185 cm³/mol. The van der Waals surface area contributed by atoms with E-state index in [0.29, 0.717) is 19.1 Å². The molecule has 2 aliphatic rings. The summed E-state index contributed by atoms with van der Waals surface area (Å²) in [6, 6.07) is 15.6. The standard InChI is InChI=1S/C37H49N7O2/c1-4-34-32(35(42-30-13-17-46-18-14-30)33-24-41-44(5-2)36(33)43-34)23-40-37(45)39-22-28-10-9-25(3)31(21-28)29-8-6-7-27(20-29)19-26-11-15-38-16-12-26/h6-10,20-21,24,26,30,38H,4-5,11-19,22-23H2,1-3H3,(H,42,43)(H2,39,40,45). The van der Waals surface area contributed by atoms with Crippen LogP contribution in [0.15, 0.2) is 48.7 Å². The van der Waals surface area contributed by atoms with E-state index in [-0.39, 0.29) is 6.03 Å². The van der Waals surface area contributed by atoms with Crippen molar-refractivity contribution in [2.24, 2.45) is 5.92 Å². The van der Waals surface area contributed by atoms with Gasteiger partial charge in [0.25, 0.3) is 0 Å². The second-order valence-corrected chi connectivity index (χ2v) is 12.8. The maximum absolute atomic E-state index is 13.2. The Balaban J connectivity index is 1.14. The van der Waals surface area contributed by atoms with Crippen LogP contribution in [-0.4, -0.2) is 53.1 Å². The number of anilines is 1.